The Kier molecular flexibility index (Phi) is 6.11. The maximum absolute atomic E-state index is 12.7. The minimum absolute atomic E-state index is 0.00242. The van der Waals surface area contributed by atoms with E-state index in [1.54, 1.807) is 17.0 Å². The highest BCUT2D eigenvalue weighted by Gasteiger charge is 2.19. The van der Waals surface area contributed by atoms with E-state index >= 15 is 0 Å². The topological polar surface area (TPSA) is 72.6 Å². The molecular formula is C23H24N2O4S. The lowest BCUT2D eigenvalue weighted by Gasteiger charge is -2.26. The molecule has 1 saturated heterocycles. The fourth-order valence-corrected chi connectivity index (χ4v) is 4.41. The Bertz CT molecular complexity index is 1050. The zero-order valence-electron chi connectivity index (χ0n) is 17.1. The molecule has 3 aromatic rings. The van der Waals surface area contributed by atoms with Crippen molar-refractivity contribution >= 4 is 16.7 Å². The van der Waals surface area contributed by atoms with Crippen LogP contribution in [0, 0.1) is 13.8 Å². The van der Waals surface area contributed by atoms with Crippen LogP contribution >= 0.6 is 0 Å². The quantitative estimate of drug-likeness (QED) is 0.624. The molecule has 6 nitrogen and oxygen atoms in total. The predicted octanol–water partition coefficient (Wildman–Crippen LogP) is 3.74. The molecule has 1 aliphatic rings. The molecular weight excluding hydrogens is 400 g/mol. The summed E-state index contributed by atoms with van der Waals surface area (Å²) in [5.41, 5.74) is 3.22. The normalized spacial score (nSPS) is 15.2. The molecule has 2 aromatic carbocycles. The van der Waals surface area contributed by atoms with Crippen molar-refractivity contribution in [2.75, 3.05) is 26.3 Å². The fraction of sp³-hybridized carbons (Fsp3) is 0.304. The first kappa shape index (κ1) is 20.5. The van der Waals surface area contributed by atoms with E-state index < -0.39 is 10.8 Å². The first-order chi connectivity index (χ1) is 14.5. The van der Waals surface area contributed by atoms with Crippen molar-refractivity contribution in [2.45, 2.75) is 24.5 Å². The van der Waals surface area contributed by atoms with Crippen molar-refractivity contribution in [3.05, 3.63) is 71.1 Å². The van der Waals surface area contributed by atoms with E-state index in [1.165, 1.54) is 0 Å². The molecule has 1 fully saturated rings. The second kappa shape index (κ2) is 8.93. The number of hydrogen-bond donors (Lipinski definition) is 0. The van der Waals surface area contributed by atoms with Gasteiger partial charge in [0.2, 0.25) is 5.89 Å². The van der Waals surface area contributed by atoms with Crippen LogP contribution in [-0.4, -0.2) is 46.3 Å². The van der Waals surface area contributed by atoms with Crippen LogP contribution < -0.4 is 0 Å². The number of amides is 1. The number of carbonyl (C=O) groups is 1. The van der Waals surface area contributed by atoms with Crippen LogP contribution in [0.3, 0.4) is 0 Å². The van der Waals surface area contributed by atoms with E-state index in [2.05, 4.69) is 4.98 Å². The van der Waals surface area contributed by atoms with Crippen molar-refractivity contribution in [1.82, 2.24) is 9.88 Å². The van der Waals surface area contributed by atoms with E-state index in [0.717, 1.165) is 16.0 Å². The number of oxazole rings is 1. The zero-order valence-corrected chi connectivity index (χ0v) is 17.9. The van der Waals surface area contributed by atoms with Gasteiger partial charge in [0.05, 0.1) is 35.5 Å². The third kappa shape index (κ3) is 4.52. The summed E-state index contributed by atoms with van der Waals surface area (Å²) < 4.78 is 23.8. The van der Waals surface area contributed by atoms with Crippen LogP contribution in [0.1, 0.15) is 27.4 Å². The van der Waals surface area contributed by atoms with Crippen LogP contribution in [-0.2, 0) is 21.3 Å². The molecule has 1 aliphatic heterocycles. The van der Waals surface area contributed by atoms with Crippen molar-refractivity contribution in [2.24, 2.45) is 0 Å². The lowest BCUT2D eigenvalue weighted by molar-refractivity contribution is 0.0303. The minimum Gasteiger partial charge on any atom is -0.441 e. The Morgan fingerprint density at radius 1 is 1.03 bits per heavy atom. The Morgan fingerprint density at radius 3 is 2.37 bits per heavy atom. The van der Waals surface area contributed by atoms with Gasteiger partial charge in [-0.3, -0.25) is 9.00 Å². The third-order valence-corrected chi connectivity index (χ3v) is 6.46. The van der Waals surface area contributed by atoms with Gasteiger partial charge in [0, 0.05) is 29.1 Å². The van der Waals surface area contributed by atoms with Gasteiger partial charge in [0.1, 0.15) is 5.76 Å². The summed E-state index contributed by atoms with van der Waals surface area (Å²) in [7, 11) is -1.19. The number of rotatable bonds is 5. The number of nitrogens with zero attached hydrogens (tertiary/aromatic N) is 2. The number of morpholine rings is 1. The average Bonchev–Trinajstić information content (AvgIpc) is 3.14. The molecule has 2 heterocycles. The minimum atomic E-state index is -1.19. The molecule has 1 aromatic heterocycles. The van der Waals surface area contributed by atoms with E-state index in [0.29, 0.717) is 55.0 Å². The van der Waals surface area contributed by atoms with Gasteiger partial charge in [0.25, 0.3) is 5.91 Å². The van der Waals surface area contributed by atoms with Crippen LogP contribution in [0.25, 0.3) is 11.5 Å². The number of hydrogen-bond acceptors (Lipinski definition) is 5. The molecule has 156 valence electrons. The first-order valence-corrected chi connectivity index (χ1v) is 11.2. The van der Waals surface area contributed by atoms with Gasteiger partial charge >= 0.3 is 0 Å². The molecule has 4 rings (SSSR count). The largest absolute Gasteiger partial charge is 0.441 e. The smallest absolute Gasteiger partial charge is 0.254 e. The predicted molar refractivity (Wildman–Crippen MR) is 115 cm³/mol. The molecule has 0 radical (unpaired) electrons. The molecule has 0 unspecified atom stereocenters. The molecule has 0 bridgehead atoms. The fourth-order valence-electron chi connectivity index (χ4n) is 3.29. The van der Waals surface area contributed by atoms with Crippen LogP contribution in [0.2, 0.25) is 0 Å². The third-order valence-electron chi connectivity index (χ3n) is 5.12. The first-order valence-electron chi connectivity index (χ1n) is 9.90. The van der Waals surface area contributed by atoms with Crippen LogP contribution in [0.5, 0.6) is 0 Å². The summed E-state index contributed by atoms with van der Waals surface area (Å²) >= 11 is 0. The zero-order chi connectivity index (χ0) is 21.1. The monoisotopic (exact) mass is 424 g/mol. The standard InChI is InChI=1S/C23H24N2O4S/c1-16-3-9-20(10-4-16)30(27)15-21-17(2)29-22(24-21)18-5-7-19(8-6-18)23(26)25-11-13-28-14-12-25/h3-10H,11-15H2,1-2H3/t30-/m0/s1. The van der Waals surface area contributed by atoms with Crippen molar-refractivity contribution in [3.8, 4) is 11.5 Å². The van der Waals surface area contributed by atoms with Crippen molar-refractivity contribution in [1.29, 1.82) is 0 Å². The molecule has 0 aliphatic carbocycles. The summed E-state index contributed by atoms with van der Waals surface area (Å²) in [5, 5.41) is 0. The van der Waals surface area contributed by atoms with Gasteiger partial charge in [-0.05, 0) is 50.2 Å². The van der Waals surface area contributed by atoms with Crippen LogP contribution in [0.15, 0.2) is 57.8 Å². The summed E-state index contributed by atoms with van der Waals surface area (Å²) in [6.45, 7) is 6.20. The Morgan fingerprint density at radius 2 is 1.70 bits per heavy atom. The van der Waals surface area contributed by atoms with Gasteiger partial charge in [-0.15, -0.1) is 0 Å². The second-order valence-corrected chi connectivity index (χ2v) is 8.76. The molecule has 0 spiro atoms. The van der Waals surface area contributed by atoms with Gasteiger partial charge in [0.15, 0.2) is 0 Å². The van der Waals surface area contributed by atoms with Gasteiger partial charge in [-0.1, -0.05) is 17.7 Å². The lowest BCUT2D eigenvalue weighted by atomic mass is 10.1. The number of carbonyl (C=O) groups excluding carboxylic acids is 1. The number of aromatic nitrogens is 1. The maximum Gasteiger partial charge on any atom is 0.254 e. The highest BCUT2D eigenvalue weighted by molar-refractivity contribution is 7.84. The highest BCUT2D eigenvalue weighted by Crippen LogP contribution is 2.24. The van der Waals surface area contributed by atoms with E-state index in [9.17, 15) is 9.00 Å². The second-order valence-electron chi connectivity index (χ2n) is 7.31. The van der Waals surface area contributed by atoms with Crippen molar-refractivity contribution < 1.29 is 18.2 Å². The maximum atomic E-state index is 12.7. The number of ether oxygens (including phenoxy) is 1. The Balaban J connectivity index is 1.47. The summed E-state index contributed by atoms with van der Waals surface area (Å²) in [6, 6.07) is 14.9. The molecule has 0 N–H and O–H groups in total. The average molecular weight is 425 g/mol. The van der Waals surface area contributed by atoms with Gasteiger partial charge in [-0.25, -0.2) is 4.98 Å². The molecule has 1 atom stereocenters. The molecule has 30 heavy (non-hydrogen) atoms. The Labute approximate surface area is 178 Å². The molecule has 7 heteroatoms. The van der Waals surface area contributed by atoms with Gasteiger partial charge in [-0.2, -0.15) is 0 Å². The number of aryl methyl sites for hydroxylation is 2. The molecule has 0 saturated carbocycles. The van der Waals surface area contributed by atoms with Gasteiger partial charge < -0.3 is 14.1 Å². The summed E-state index contributed by atoms with van der Waals surface area (Å²) in [5.74, 6) is 1.42. The van der Waals surface area contributed by atoms with E-state index in [4.69, 9.17) is 9.15 Å². The summed E-state index contributed by atoms with van der Waals surface area (Å²) in [6.07, 6.45) is 0. The molecule has 1 amide bonds. The van der Waals surface area contributed by atoms with Crippen LogP contribution in [0.4, 0.5) is 0 Å². The van der Waals surface area contributed by atoms with E-state index in [-0.39, 0.29) is 5.91 Å². The highest BCUT2D eigenvalue weighted by atomic mass is 32.2. The van der Waals surface area contributed by atoms with E-state index in [1.807, 2.05) is 50.2 Å². The SMILES string of the molecule is Cc1ccc([S@@](=O)Cc2nc(-c3ccc(C(=O)N4CCOCC4)cc3)oc2C)cc1. The lowest BCUT2D eigenvalue weighted by Crippen LogP contribution is -2.40. The van der Waals surface area contributed by atoms with Crippen molar-refractivity contribution in [3.63, 3.8) is 0 Å². The summed E-state index contributed by atoms with van der Waals surface area (Å²) in [4.78, 5) is 19.7. The Hall–Kier alpha value is -2.77. The number of benzene rings is 2.